The van der Waals surface area contributed by atoms with Crippen molar-refractivity contribution in [3.8, 4) is 24.7 Å². The van der Waals surface area contributed by atoms with Crippen LogP contribution in [-0.4, -0.2) is 0 Å². The third-order valence-electron chi connectivity index (χ3n) is 8.93. The van der Waals surface area contributed by atoms with Crippen molar-refractivity contribution in [2.75, 3.05) is 0 Å². The van der Waals surface area contributed by atoms with Crippen molar-refractivity contribution in [1.82, 2.24) is 0 Å². The second-order valence-corrected chi connectivity index (χ2v) is 11.7. The van der Waals surface area contributed by atoms with E-state index in [0.717, 1.165) is 42.7 Å². The number of terminal acetylenes is 2. The second-order valence-electron chi connectivity index (χ2n) is 11.7. The van der Waals surface area contributed by atoms with Gasteiger partial charge >= 0.3 is 0 Å². The lowest BCUT2D eigenvalue weighted by Crippen LogP contribution is -2.23. The van der Waals surface area contributed by atoms with Crippen LogP contribution in [0.4, 0.5) is 0 Å². The quantitative estimate of drug-likeness (QED) is 0.141. The Morgan fingerprint density at radius 1 is 0.707 bits per heavy atom. The molecule has 0 spiro atoms. The highest BCUT2D eigenvalue weighted by atomic mass is 14.3. The Kier molecular flexibility index (Phi) is 9.57. The summed E-state index contributed by atoms with van der Waals surface area (Å²) >= 11 is 0. The van der Waals surface area contributed by atoms with Gasteiger partial charge in [0.1, 0.15) is 0 Å². The predicted molar refractivity (Wildman–Crippen MR) is 174 cm³/mol. The van der Waals surface area contributed by atoms with Gasteiger partial charge < -0.3 is 0 Å². The number of rotatable bonds is 10. The summed E-state index contributed by atoms with van der Waals surface area (Å²) in [5.41, 5.74) is 10.0. The normalized spacial score (nSPS) is 17.2. The smallest absolute Gasteiger partial charge is 0.0277 e. The van der Waals surface area contributed by atoms with Gasteiger partial charge in [-0.25, -0.2) is 0 Å². The molecule has 0 heterocycles. The first kappa shape index (κ1) is 28.3. The zero-order valence-electron chi connectivity index (χ0n) is 24.1. The van der Waals surface area contributed by atoms with Gasteiger partial charge in [0, 0.05) is 17.0 Å². The van der Waals surface area contributed by atoms with Crippen LogP contribution in [0.2, 0.25) is 0 Å². The molecule has 1 saturated carbocycles. The summed E-state index contributed by atoms with van der Waals surface area (Å²) in [4.78, 5) is 0. The van der Waals surface area contributed by atoms with Gasteiger partial charge in [-0.1, -0.05) is 109 Å². The van der Waals surface area contributed by atoms with Crippen molar-refractivity contribution in [3.05, 3.63) is 154 Å². The first-order chi connectivity index (χ1) is 20.1. The highest BCUT2D eigenvalue weighted by Crippen LogP contribution is 2.43. The molecule has 0 N–H and O–H groups in total. The Balaban J connectivity index is 1.29. The maximum absolute atomic E-state index is 5.75. The first-order valence-corrected chi connectivity index (χ1v) is 15.0. The van der Waals surface area contributed by atoms with Crippen LogP contribution in [-0.2, 0) is 19.3 Å². The fourth-order valence-electron chi connectivity index (χ4n) is 6.62. The van der Waals surface area contributed by atoms with Crippen LogP contribution in [0.15, 0.2) is 115 Å². The molecule has 0 aliphatic heterocycles. The largest absolute Gasteiger partial charge is 0.115 e. The minimum atomic E-state index is 0.390. The molecule has 0 aromatic heterocycles. The lowest BCUT2D eigenvalue weighted by molar-refractivity contribution is 0.252. The number of hydrogen-bond acceptors (Lipinski definition) is 0. The van der Waals surface area contributed by atoms with E-state index < -0.39 is 0 Å². The van der Waals surface area contributed by atoms with E-state index >= 15 is 0 Å². The summed E-state index contributed by atoms with van der Waals surface area (Å²) in [5, 5.41) is 0. The van der Waals surface area contributed by atoms with Crippen LogP contribution in [0.1, 0.15) is 77.0 Å². The van der Waals surface area contributed by atoms with Crippen LogP contribution < -0.4 is 0 Å². The van der Waals surface area contributed by atoms with Gasteiger partial charge in [0.2, 0.25) is 0 Å². The summed E-state index contributed by atoms with van der Waals surface area (Å²) < 4.78 is 0. The van der Waals surface area contributed by atoms with E-state index in [-0.39, 0.29) is 0 Å². The van der Waals surface area contributed by atoms with E-state index in [4.69, 9.17) is 19.4 Å². The van der Waals surface area contributed by atoms with Crippen LogP contribution in [0.5, 0.6) is 0 Å². The van der Waals surface area contributed by atoms with Gasteiger partial charge in [0.05, 0.1) is 0 Å². The molecule has 1 fully saturated rings. The molecular formula is C41H40. The van der Waals surface area contributed by atoms with Gasteiger partial charge in [0.25, 0.3) is 0 Å². The Morgan fingerprint density at radius 3 is 2.05 bits per heavy atom. The molecule has 4 aromatic rings. The van der Waals surface area contributed by atoms with Gasteiger partial charge in [-0.15, -0.1) is 12.8 Å². The topological polar surface area (TPSA) is 0 Å². The average Bonchev–Trinajstić information content (AvgIpc) is 3.03. The average molecular weight is 533 g/mol. The van der Waals surface area contributed by atoms with Crippen molar-refractivity contribution in [3.63, 3.8) is 0 Å². The fourth-order valence-corrected chi connectivity index (χ4v) is 6.62. The number of allylic oxidation sites excluding steroid dienone is 1. The third-order valence-corrected chi connectivity index (χ3v) is 8.93. The SMILES string of the molecule is C#Cc1ccc(CC2CCC(C(C(=C)CCc3ccccc3)c3ccc(Cc4ccccc4C#C)cc3)CC2)cc1. The van der Waals surface area contributed by atoms with Crippen LogP contribution in [0.3, 0.4) is 0 Å². The molecule has 41 heavy (non-hydrogen) atoms. The maximum Gasteiger partial charge on any atom is 0.0277 e. The van der Waals surface area contributed by atoms with Crippen LogP contribution in [0, 0.1) is 36.5 Å². The molecule has 4 aromatic carbocycles. The Morgan fingerprint density at radius 2 is 1.37 bits per heavy atom. The Bertz CT molecular complexity index is 1500. The molecule has 0 heteroatoms. The number of hydrogen-bond donors (Lipinski definition) is 0. The summed E-state index contributed by atoms with van der Waals surface area (Å²) in [6, 6.07) is 36.9. The Labute approximate surface area is 247 Å². The number of benzene rings is 4. The molecule has 1 aliphatic rings. The van der Waals surface area contributed by atoms with Gasteiger partial charge in [-0.05, 0) is 109 Å². The summed E-state index contributed by atoms with van der Waals surface area (Å²) in [6.45, 7) is 4.70. The monoisotopic (exact) mass is 532 g/mol. The van der Waals surface area contributed by atoms with E-state index in [1.807, 2.05) is 12.1 Å². The number of aryl methyl sites for hydroxylation is 1. The summed E-state index contributed by atoms with van der Waals surface area (Å²) in [6.07, 6.45) is 20.4. The molecule has 1 atom stereocenters. The Hall–Kier alpha value is -4.26. The molecule has 0 radical (unpaired) electrons. The van der Waals surface area contributed by atoms with Crippen LogP contribution in [0.25, 0.3) is 0 Å². The lowest BCUT2D eigenvalue weighted by atomic mass is 9.69. The zero-order chi connectivity index (χ0) is 28.4. The summed E-state index contributed by atoms with van der Waals surface area (Å²) in [7, 11) is 0. The minimum Gasteiger partial charge on any atom is -0.115 e. The van der Waals surface area contributed by atoms with Crippen molar-refractivity contribution >= 4 is 0 Å². The van der Waals surface area contributed by atoms with E-state index in [9.17, 15) is 0 Å². The lowest BCUT2D eigenvalue weighted by Gasteiger charge is -2.35. The van der Waals surface area contributed by atoms with Crippen molar-refractivity contribution in [2.45, 2.75) is 57.3 Å². The molecule has 204 valence electrons. The van der Waals surface area contributed by atoms with E-state index in [1.54, 1.807) is 0 Å². The first-order valence-electron chi connectivity index (χ1n) is 15.0. The van der Waals surface area contributed by atoms with Crippen molar-refractivity contribution in [2.24, 2.45) is 11.8 Å². The van der Waals surface area contributed by atoms with Gasteiger partial charge in [-0.2, -0.15) is 0 Å². The molecule has 0 nitrogen and oxygen atoms in total. The van der Waals surface area contributed by atoms with Crippen molar-refractivity contribution in [1.29, 1.82) is 0 Å². The molecule has 0 amide bonds. The standard InChI is InChI=1S/C41H40/c1-4-32-17-19-34(20-18-32)29-35-21-25-38(26-22-35)41(31(3)15-16-33-11-7-6-8-12-33)39-27-23-36(24-28-39)30-40-14-10-9-13-37(40)5-2/h1-2,6-14,17-20,23-24,27-28,35,38,41H,3,15-16,21-22,25-26,29-30H2. The van der Waals surface area contributed by atoms with E-state index in [1.165, 1.54) is 59.1 Å². The highest BCUT2D eigenvalue weighted by Gasteiger charge is 2.30. The second kappa shape index (κ2) is 13.9. The maximum atomic E-state index is 5.75. The fraction of sp³-hybridized carbons (Fsp3) is 0.268. The molecular weight excluding hydrogens is 492 g/mol. The van der Waals surface area contributed by atoms with Crippen LogP contribution >= 0.6 is 0 Å². The molecule has 1 unspecified atom stereocenters. The summed E-state index contributed by atoms with van der Waals surface area (Å²) in [5.74, 6) is 7.32. The van der Waals surface area contributed by atoms with Gasteiger partial charge in [0.15, 0.2) is 0 Å². The van der Waals surface area contributed by atoms with E-state index in [2.05, 4.69) is 103 Å². The third kappa shape index (κ3) is 7.48. The molecule has 0 saturated heterocycles. The minimum absolute atomic E-state index is 0.390. The zero-order valence-corrected chi connectivity index (χ0v) is 24.1. The molecule has 1 aliphatic carbocycles. The molecule has 5 rings (SSSR count). The van der Waals surface area contributed by atoms with Gasteiger partial charge in [-0.3, -0.25) is 0 Å². The van der Waals surface area contributed by atoms with Crippen molar-refractivity contribution < 1.29 is 0 Å². The predicted octanol–water partition coefficient (Wildman–Crippen LogP) is 9.56. The highest BCUT2D eigenvalue weighted by molar-refractivity contribution is 5.43. The van der Waals surface area contributed by atoms with E-state index in [0.29, 0.717) is 11.8 Å². The molecule has 0 bridgehead atoms.